The minimum atomic E-state index is -3.34. The van der Waals surface area contributed by atoms with E-state index in [9.17, 15) is 13.2 Å². The molecule has 1 aromatic heterocycles. The van der Waals surface area contributed by atoms with E-state index in [1.54, 1.807) is 25.3 Å². The van der Waals surface area contributed by atoms with Crippen molar-refractivity contribution in [2.24, 2.45) is 5.92 Å². The van der Waals surface area contributed by atoms with Gasteiger partial charge in [-0.05, 0) is 18.6 Å². The molecular weight excluding hydrogens is 306 g/mol. The molecule has 8 heteroatoms. The third-order valence-corrected chi connectivity index (χ3v) is 5.68. The first kappa shape index (κ1) is 16.9. The zero-order chi connectivity index (χ0) is 16.3. The van der Waals surface area contributed by atoms with Gasteiger partial charge in [0.15, 0.2) is 0 Å². The second kappa shape index (κ2) is 6.72. The number of amides is 1. The SMILES string of the molecule is Cc1cccnc1C(=O)N[C@@H]1COC[C@H]1CS(=O)(=O)N(C)C. The fourth-order valence-electron chi connectivity index (χ4n) is 2.30. The number of carbonyl (C=O) groups excluding carboxylic acids is 1. The average molecular weight is 327 g/mol. The molecule has 7 nitrogen and oxygen atoms in total. The summed E-state index contributed by atoms with van der Waals surface area (Å²) in [7, 11) is -0.345. The number of aromatic nitrogens is 1. The van der Waals surface area contributed by atoms with Gasteiger partial charge in [-0.25, -0.2) is 12.7 Å². The fraction of sp³-hybridized carbons (Fsp3) is 0.571. The Bertz CT molecular complexity index is 645. The van der Waals surface area contributed by atoms with Crippen LogP contribution >= 0.6 is 0 Å². The van der Waals surface area contributed by atoms with Gasteiger partial charge in [-0.1, -0.05) is 6.07 Å². The first-order valence-electron chi connectivity index (χ1n) is 7.01. The summed E-state index contributed by atoms with van der Waals surface area (Å²) in [5.41, 5.74) is 1.12. The third kappa shape index (κ3) is 3.82. The molecular formula is C14H21N3O4S. The van der Waals surface area contributed by atoms with Gasteiger partial charge in [0.2, 0.25) is 10.0 Å². The van der Waals surface area contributed by atoms with Crippen LogP contribution in [0.3, 0.4) is 0 Å². The van der Waals surface area contributed by atoms with E-state index in [0.717, 1.165) is 5.56 Å². The molecule has 1 saturated heterocycles. The highest BCUT2D eigenvalue weighted by Crippen LogP contribution is 2.18. The van der Waals surface area contributed by atoms with Crippen LogP contribution < -0.4 is 5.32 Å². The Kier molecular flexibility index (Phi) is 5.15. The minimum absolute atomic E-state index is 0.0495. The number of pyridine rings is 1. The lowest BCUT2D eigenvalue weighted by Gasteiger charge is -2.21. The average Bonchev–Trinajstić information content (AvgIpc) is 2.85. The molecule has 1 fully saturated rings. The van der Waals surface area contributed by atoms with Gasteiger partial charge in [0, 0.05) is 26.2 Å². The van der Waals surface area contributed by atoms with Crippen molar-refractivity contribution >= 4 is 15.9 Å². The lowest BCUT2D eigenvalue weighted by atomic mass is 10.1. The zero-order valence-corrected chi connectivity index (χ0v) is 13.8. The van der Waals surface area contributed by atoms with Gasteiger partial charge in [-0.2, -0.15) is 0 Å². The number of hydrogen-bond donors (Lipinski definition) is 1. The van der Waals surface area contributed by atoms with E-state index in [4.69, 9.17) is 4.74 Å². The van der Waals surface area contributed by atoms with E-state index >= 15 is 0 Å². The van der Waals surface area contributed by atoms with Gasteiger partial charge in [0.05, 0.1) is 25.0 Å². The smallest absolute Gasteiger partial charge is 0.270 e. The number of nitrogens with one attached hydrogen (secondary N) is 1. The van der Waals surface area contributed by atoms with E-state index in [1.165, 1.54) is 18.4 Å². The number of aryl methyl sites for hydroxylation is 1. The number of nitrogens with zero attached hydrogens (tertiary/aromatic N) is 2. The summed E-state index contributed by atoms with van der Waals surface area (Å²) in [5.74, 6) is -0.618. The van der Waals surface area contributed by atoms with E-state index in [1.807, 2.05) is 0 Å². The summed E-state index contributed by atoms with van der Waals surface area (Å²) in [6.45, 7) is 2.44. The summed E-state index contributed by atoms with van der Waals surface area (Å²) in [5, 5.41) is 2.84. The number of sulfonamides is 1. The molecule has 1 aliphatic heterocycles. The van der Waals surface area contributed by atoms with Crippen LogP contribution in [0.15, 0.2) is 18.3 Å². The van der Waals surface area contributed by atoms with Crippen molar-refractivity contribution in [1.29, 1.82) is 0 Å². The second-order valence-corrected chi connectivity index (χ2v) is 7.83. The fourth-order valence-corrected chi connectivity index (χ4v) is 3.47. The Hall–Kier alpha value is -1.51. The maximum Gasteiger partial charge on any atom is 0.270 e. The summed E-state index contributed by atoms with van der Waals surface area (Å²) in [6.07, 6.45) is 1.56. The minimum Gasteiger partial charge on any atom is -0.379 e. The molecule has 0 aliphatic carbocycles. The summed E-state index contributed by atoms with van der Waals surface area (Å²) < 4.78 is 30.5. The van der Waals surface area contributed by atoms with Crippen molar-refractivity contribution < 1.29 is 17.9 Å². The van der Waals surface area contributed by atoms with Crippen molar-refractivity contribution in [3.63, 3.8) is 0 Å². The lowest BCUT2D eigenvalue weighted by Crippen LogP contribution is -2.44. The number of ether oxygens (including phenoxy) is 1. The van der Waals surface area contributed by atoms with Crippen molar-refractivity contribution in [2.75, 3.05) is 33.1 Å². The molecule has 0 spiro atoms. The van der Waals surface area contributed by atoms with Crippen molar-refractivity contribution in [3.8, 4) is 0 Å². The largest absolute Gasteiger partial charge is 0.379 e. The number of hydrogen-bond acceptors (Lipinski definition) is 5. The highest BCUT2D eigenvalue weighted by molar-refractivity contribution is 7.89. The van der Waals surface area contributed by atoms with Crippen LogP contribution in [0.2, 0.25) is 0 Å². The third-order valence-electron chi connectivity index (χ3n) is 3.72. The number of rotatable bonds is 5. The van der Waals surface area contributed by atoms with Crippen LogP contribution in [0.5, 0.6) is 0 Å². The van der Waals surface area contributed by atoms with E-state index < -0.39 is 10.0 Å². The lowest BCUT2D eigenvalue weighted by molar-refractivity contribution is 0.0920. The molecule has 2 heterocycles. The van der Waals surface area contributed by atoms with Gasteiger partial charge < -0.3 is 10.1 Å². The zero-order valence-electron chi connectivity index (χ0n) is 12.9. The van der Waals surface area contributed by atoms with Gasteiger partial charge in [0.25, 0.3) is 5.91 Å². The molecule has 2 rings (SSSR count). The van der Waals surface area contributed by atoms with Crippen LogP contribution in [0.25, 0.3) is 0 Å². The predicted molar refractivity (Wildman–Crippen MR) is 82.0 cm³/mol. The Morgan fingerprint density at radius 2 is 2.18 bits per heavy atom. The molecule has 2 atom stereocenters. The standard InChI is InChI=1S/C14H21N3O4S/c1-10-5-4-6-15-13(10)14(18)16-12-8-21-7-11(12)9-22(19,20)17(2)3/h4-6,11-12H,7-9H2,1-3H3,(H,16,18)/t11-,12+/m0/s1. The normalized spacial score (nSPS) is 22.0. The van der Waals surface area contributed by atoms with Gasteiger partial charge in [-0.15, -0.1) is 0 Å². The molecule has 1 N–H and O–H groups in total. The quantitative estimate of drug-likeness (QED) is 0.824. The maximum atomic E-state index is 12.3. The molecule has 0 unspecified atom stereocenters. The Balaban J connectivity index is 2.06. The van der Waals surface area contributed by atoms with E-state index in [-0.39, 0.29) is 23.6 Å². The van der Waals surface area contributed by atoms with Gasteiger partial charge in [0.1, 0.15) is 5.69 Å². The summed E-state index contributed by atoms with van der Waals surface area (Å²) >= 11 is 0. The van der Waals surface area contributed by atoms with Crippen molar-refractivity contribution in [1.82, 2.24) is 14.6 Å². The molecule has 1 aromatic rings. The van der Waals surface area contributed by atoms with Gasteiger partial charge >= 0.3 is 0 Å². The monoisotopic (exact) mass is 327 g/mol. The summed E-state index contributed by atoms with van der Waals surface area (Å²) in [6, 6.07) is 3.24. The highest BCUT2D eigenvalue weighted by atomic mass is 32.2. The molecule has 22 heavy (non-hydrogen) atoms. The van der Waals surface area contributed by atoms with Crippen LogP contribution in [0.1, 0.15) is 16.1 Å². The summed E-state index contributed by atoms with van der Waals surface area (Å²) in [4.78, 5) is 16.3. The van der Waals surface area contributed by atoms with Crippen LogP contribution in [0.4, 0.5) is 0 Å². The molecule has 0 bridgehead atoms. The van der Waals surface area contributed by atoms with E-state index in [2.05, 4.69) is 10.3 Å². The molecule has 0 saturated carbocycles. The Labute approximate surface area is 130 Å². The number of carbonyl (C=O) groups is 1. The first-order valence-corrected chi connectivity index (χ1v) is 8.62. The van der Waals surface area contributed by atoms with E-state index in [0.29, 0.717) is 18.9 Å². The van der Waals surface area contributed by atoms with Crippen LogP contribution in [-0.2, 0) is 14.8 Å². The Morgan fingerprint density at radius 3 is 2.82 bits per heavy atom. The Morgan fingerprint density at radius 1 is 1.45 bits per heavy atom. The molecule has 0 aromatic carbocycles. The molecule has 122 valence electrons. The first-order chi connectivity index (χ1) is 10.3. The second-order valence-electron chi connectivity index (χ2n) is 5.61. The van der Waals surface area contributed by atoms with Crippen molar-refractivity contribution in [2.45, 2.75) is 13.0 Å². The molecule has 0 radical (unpaired) electrons. The van der Waals surface area contributed by atoms with Crippen LogP contribution in [-0.4, -0.2) is 62.7 Å². The highest BCUT2D eigenvalue weighted by Gasteiger charge is 2.34. The predicted octanol–water partition coefficient (Wildman–Crippen LogP) is 0.0262. The molecule has 1 amide bonds. The van der Waals surface area contributed by atoms with Gasteiger partial charge in [-0.3, -0.25) is 9.78 Å². The maximum absolute atomic E-state index is 12.3. The van der Waals surface area contributed by atoms with Crippen LogP contribution in [0, 0.1) is 12.8 Å². The van der Waals surface area contributed by atoms with Crippen molar-refractivity contribution in [3.05, 3.63) is 29.6 Å². The molecule has 1 aliphatic rings. The topological polar surface area (TPSA) is 88.6 Å².